The van der Waals surface area contributed by atoms with E-state index in [1.807, 2.05) is 23.7 Å². The summed E-state index contributed by atoms with van der Waals surface area (Å²) in [7, 11) is 3.97. The van der Waals surface area contributed by atoms with Crippen LogP contribution in [0.5, 0.6) is 5.75 Å². The van der Waals surface area contributed by atoms with Crippen LogP contribution < -0.4 is 10.1 Å². The number of rotatable bonds is 8. The minimum absolute atomic E-state index is 0.0965. The average molecular weight is 533 g/mol. The zero-order valence-corrected chi connectivity index (χ0v) is 21.3. The molecule has 3 heterocycles. The zero-order chi connectivity index (χ0) is 26.2. The number of piperazine rings is 1. The Balaban J connectivity index is 1.26. The van der Waals surface area contributed by atoms with Crippen molar-refractivity contribution in [2.75, 3.05) is 45.1 Å². The molecule has 0 saturated carbocycles. The number of anilines is 2. The van der Waals surface area contributed by atoms with Gasteiger partial charge in [0, 0.05) is 51.3 Å². The van der Waals surface area contributed by atoms with Crippen molar-refractivity contribution < 1.29 is 22.7 Å². The summed E-state index contributed by atoms with van der Waals surface area (Å²) in [6, 6.07) is 9.53. The lowest BCUT2D eigenvalue weighted by Gasteiger charge is -2.32. The van der Waals surface area contributed by atoms with Crippen molar-refractivity contribution in [3.8, 4) is 5.75 Å². The number of ketones is 1. The molecule has 196 valence electrons. The van der Waals surface area contributed by atoms with E-state index in [1.165, 1.54) is 29.5 Å². The average Bonchev–Trinajstić information content (AvgIpc) is 3.38. The Morgan fingerprint density at radius 2 is 1.84 bits per heavy atom. The van der Waals surface area contributed by atoms with Crippen molar-refractivity contribution in [3.05, 3.63) is 42.0 Å². The maximum atomic E-state index is 12.8. The number of carbonyl (C=O) groups excluding carboxylic acids is 1. The molecular weight excluding hydrogens is 505 g/mol. The van der Waals surface area contributed by atoms with Gasteiger partial charge in [0.2, 0.25) is 5.95 Å². The first-order valence-corrected chi connectivity index (χ1v) is 12.8. The molecule has 0 bridgehead atoms. The van der Waals surface area contributed by atoms with Gasteiger partial charge >= 0.3 is 6.36 Å². The fraction of sp³-hybridized carbons (Fsp3) is 0.400. The van der Waals surface area contributed by atoms with E-state index in [9.17, 15) is 18.0 Å². The third-order valence-corrected chi connectivity index (χ3v) is 7.42. The Morgan fingerprint density at radius 1 is 1.05 bits per heavy atom. The van der Waals surface area contributed by atoms with Crippen LogP contribution in [0.4, 0.5) is 24.3 Å². The van der Waals surface area contributed by atoms with E-state index in [4.69, 9.17) is 0 Å². The number of hydrogen-bond donors (Lipinski definition) is 1. The van der Waals surface area contributed by atoms with Gasteiger partial charge in [0.1, 0.15) is 5.75 Å². The Morgan fingerprint density at radius 3 is 2.59 bits per heavy atom. The highest BCUT2D eigenvalue weighted by molar-refractivity contribution is 7.22. The quantitative estimate of drug-likeness (QED) is 0.319. The largest absolute Gasteiger partial charge is 0.573 e. The molecule has 0 radical (unpaired) electrons. The van der Waals surface area contributed by atoms with Crippen molar-refractivity contribution in [2.24, 2.45) is 7.05 Å². The number of alkyl halides is 3. The normalized spacial score (nSPS) is 15.5. The molecule has 37 heavy (non-hydrogen) atoms. The third-order valence-electron chi connectivity index (χ3n) is 6.49. The fourth-order valence-electron chi connectivity index (χ4n) is 4.42. The second kappa shape index (κ2) is 10.3. The number of aryl methyl sites for hydroxylation is 1. The van der Waals surface area contributed by atoms with Gasteiger partial charge in [0.15, 0.2) is 10.9 Å². The number of imidazole rings is 1. The van der Waals surface area contributed by atoms with Crippen LogP contribution >= 0.6 is 11.3 Å². The molecule has 2 aromatic heterocycles. The summed E-state index contributed by atoms with van der Waals surface area (Å²) in [4.78, 5) is 26.6. The van der Waals surface area contributed by atoms with E-state index < -0.39 is 6.36 Å². The number of benzene rings is 2. The Bertz CT molecular complexity index is 1430. The number of halogens is 3. The second-order valence-electron chi connectivity index (χ2n) is 9.19. The van der Waals surface area contributed by atoms with Crippen LogP contribution in [0.25, 0.3) is 21.3 Å². The topological polar surface area (TPSA) is 75.5 Å². The van der Waals surface area contributed by atoms with Crippen LogP contribution in [0.1, 0.15) is 23.2 Å². The first kappa shape index (κ1) is 25.4. The van der Waals surface area contributed by atoms with Crippen molar-refractivity contribution >= 4 is 49.4 Å². The second-order valence-corrected chi connectivity index (χ2v) is 10.2. The predicted octanol–water partition coefficient (Wildman–Crippen LogP) is 5.04. The lowest BCUT2D eigenvalue weighted by atomic mass is 10.1. The molecule has 1 aliphatic heterocycles. The number of thiazole rings is 1. The van der Waals surface area contributed by atoms with Gasteiger partial charge in [0.05, 0.1) is 21.3 Å². The molecule has 1 aliphatic rings. The number of aromatic nitrogens is 3. The van der Waals surface area contributed by atoms with Gasteiger partial charge < -0.3 is 24.4 Å². The van der Waals surface area contributed by atoms with Gasteiger partial charge in [-0.1, -0.05) is 11.3 Å². The Hall–Kier alpha value is -3.22. The van der Waals surface area contributed by atoms with Gasteiger partial charge in [-0.25, -0.2) is 9.97 Å². The summed E-state index contributed by atoms with van der Waals surface area (Å²) in [6.45, 7) is 5.12. The van der Waals surface area contributed by atoms with Crippen molar-refractivity contribution in [1.82, 2.24) is 24.3 Å². The summed E-state index contributed by atoms with van der Waals surface area (Å²) in [5.41, 5.74) is 2.70. The van der Waals surface area contributed by atoms with Crippen molar-refractivity contribution in [1.29, 1.82) is 0 Å². The van der Waals surface area contributed by atoms with E-state index >= 15 is 0 Å². The fourth-order valence-corrected chi connectivity index (χ4v) is 5.30. The van der Waals surface area contributed by atoms with Crippen LogP contribution in [-0.2, 0) is 7.05 Å². The first-order valence-electron chi connectivity index (χ1n) is 12.0. The lowest BCUT2D eigenvalue weighted by Crippen LogP contribution is -2.44. The van der Waals surface area contributed by atoms with E-state index in [0.29, 0.717) is 38.8 Å². The minimum atomic E-state index is -4.75. The van der Waals surface area contributed by atoms with Crippen LogP contribution in [0, 0.1) is 0 Å². The van der Waals surface area contributed by atoms with Gasteiger partial charge in [-0.2, -0.15) is 0 Å². The van der Waals surface area contributed by atoms with Gasteiger partial charge in [-0.05, 0) is 50.3 Å². The number of carbonyl (C=O) groups is 1. The minimum Gasteiger partial charge on any atom is -0.406 e. The predicted molar refractivity (Wildman–Crippen MR) is 138 cm³/mol. The molecule has 1 N–H and O–H groups in total. The number of hydrogen-bond acceptors (Lipinski definition) is 8. The molecule has 5 rings (SSSR count). The Labute approximate surface area is 215 Å². The molecular formula is C25H27F3N6O2S. The monoisotopic (exact) mass is 532 g/mol. The summed E-state index contributed by atoms with van der Waals surface area (Å²) >= 11 is 1.20. The highest BCUT2D eigenvalue weighted by Crippen LogP contribution is 2.33. The Kier molecular flexibility index (Phi) is 7.06. The van der Waals surface area contributed by atoms with E-state index in [1.54, 1.807) is 6.07 Å². The molecule has 0 aliphatic carbocycles. The number of nitrogens with zero attached hydrogens (tertiary/aromatic N) is 5. The number of likely N-dealkylation sites (N-methyl/N-ethyl adjacent to an activating group) is 1. The number of fused-ring (bicyclic) bond motifs is 2. The number of Topliss-reactive ketones (excluding diaryl/α,β-unsaturated/α-hetero) is 1. The summed E-state index contributed by atoms with van der Waals surface area (Å²) in [5.74, 6) is 0.318. The van der Waals surface area contributed by atoms with Crippen LogP contribution in [-0.4, -0.2) is 76.3 Å². The van der Waals surface area contributed by atoms with Crippen LogP contribution in [0.3, 0.4) is 0 Å². The van der Waals surface area contributed by atoms with Crippen LogP contribution in [0.2, 0.25) is 0 Å². The number of nitrogens with one attached hydrogen (secondary N) is 1. The van der Waals surface area contributed by atoms with E-state index in [0.717, 1.165) is 44.7 Å². The maximum Gasteiger partial charge on any atom is 0.573 e. The SMILES string of the molecule is CN1CCN(CCCC(=O)c2ccc3c(c2)nc(Nc2nc4ccc(OC(F)(F)F)cc4s2)n3C)CC1. The first-order chi connectivity index (χ1) is 17.6. The molecule has 0 atom stereocenters. The van der Waals surface area contributed by atoms with Crippen molar-refractivity contribution in [2.45, 2.75) is 19.2 Å². The van der Waals surface area contributed by atoms with E-state index in [-0.39, 0.29) is 11.5 Å². The molecule has 4 aromatic rings. The number of ether oxygens (including phenoxy) is 1. The molecule has 1 fully saturated rings. The molecule has 0 amide bonds. The smallest absolute Gasteiger partial charge is 0.406 e. The third kappa shape index (κ3) is 6.03. The van der Waals surface area contributed by atoms with Crippen molar-refractivity contribution in [3.63, 3.8) is 0 Å². The molecule has 0 unspecified atom stereocenters. The summed E-state index contributed by atoms with van der Waals surface area (Å²) < 4.78 is 44.0. The van der Waals surface area contributed by atoms with Gasteiger partial charge in [0.25, 0.3) is 0 Å². The van der Waals surface area contributed by atoms with Gasteiger partial charge in [-0.3, -0.25) is 4.79 Å². The van der Waals surface area contributed by atoms with Crippen LogP contribution in [0.15, 0.2) is 36.4 Å². The zero-order valence-electron chi connectivity index (χ0n) is 20.5. The summed E-state index contributed by atoms with van der Waals surface area (Å²) in [5, 5.41) is 3.63. The molecule has 8 nitrogen and oxygen atoms in total. The highest BCUT2D eigenvalue weighted by Gasteiger charge is 2.31. The highest BCUT2D eigenvalue weighted by atomic mass is 32.1. The molecule has 2 aromatic carbocycles. The standard InChI is InChI=1S/C25H27F3N6O2S/c1-32-10-12-34(13-11-32)9-3-4-21(35)16-5-8-20-19(14-16)29-23(33(20)2)31-24-30-18-7-6-17(15-22(18)37-24)36-25(26,27)28/h5-8,14-15H,3-4,9-13H2,1-2H3,(H,29,30,31). The summed E-state index contributed by atoms with van der Waals surface area (Å²) in [6.07, 6.45) is -3.44. The maximum absolute atomic E-state index is 12.8. The lowest BCUT2D eigenvalue weighted by molar-refractivity contribution is -0.274. The van der Waals surface area contributed by atoms with Gasteiger partial charge in [-0.15, -0.1) is 13.2 Å². The van der Waals surface area contributed by atoms with E-state index in [2.05, 4.69) is 36.9 Å². The molecule has 0 spiro atoms. The molecule has 12 heteroatoms. The molecule has 1 saturated heterocycles.